The van der Waals surface area contributed by atoms with Crippen LogP contribution in [0.5, 0.6) is 0 Å². The third-order valence-corrected chi connectivity index (χ3v) is 0.0680. The molecule has 1 aromatic rings. The van der Waals surface area contributed by atoms with Crippen LogP contribution >= 0.6 is 11.6 Å². The Labute approximate surface area is 37.4 Å². The van der Waals surface area contributed by atoms with Gasteiger partial charge in [-0.05, 0) is 0 Å². The van der Waals surface area contributed by atoms with Crippen LogP contribution in [0.1, 0.15) is 0 Å². The second-order valence-electron chi connectivity index (χ2n) is 0.305. The summed E-state index contributed by atoms with van der Waals surface area (Å²) in [6.07, 6.45) is -0.778. The largest absolute Gasteiger partial charge is 0.234 e. The molecule has 6 heavy (non-hydrogen) atoms. The zero-order valence-electron chi connectivity index (χ0n) is 2.69. The summed E-state index contributed by atoms with van der Waals surface area (Å²) in [6.45, 7) is 0. The first-order chi connectivity index (χ1) is 2.91. The Morgan fingerprint density at radius 1 is 1.33 bits per heavy atom. The number of rotatable bonds is 0. The fourth-order valence-electron chi connectivity index (χ4n) is 0. The molecule has 0 aliphatic carbocycles. The summed E-state index contributed by atoms with van der Waals surface area (Å²) < 4.78 is 20.6. The van der Waals surface area contributed by atoms with Gasteiger partial charge in [0.05, 0.1) is 0 Å². The molecule has 0 fully saturated rings. The van der Waals surface area contributed by atoms with Crippen LogP contribution < -0.4 is 0 Å². The number of alkyl halides is 2. The SMILES string of the molecule is FCCl.o1oo1. The predicted octanol–water partition coefficient (Wildman–Crippen LogP) is 1.62. The zero-order valence-corrected chi connectivity index (χ0v) is 3.44. The van der Waals surface area contributed by atoms with Gasteiger partial charge in [0.2, 0.25) is 0 Å². The van der Waals surface area contributed by atoms with Crippen molar-refractivity contribution in [2.24, 2.45) is 0 Å². The maximum atomic E-state index is 10.1. The van der Waals surface area contributed by atoms with E-state index in [0.717, 1.165) is 0 Å². The van der Waals surface area contributed by atoms with Crippen molar-refractivity contribution < 1.29 is 18.6 Å². The van der Waals surface area contributed by atoms with Crippen molar-refractivity contribution in [2.45, 2.75) is 0 Å². The van der Waals surface area contributed by atoms with Gasteiger partial charge in [-0.15, -0.1) is 0 Å². The third kappa shape index (κ3) is 64.6. The average Bonchev–Trinajstić information content (AvgIpc) is 2.11. The molecule has 0 aliphatic rings. The molecule has 0 unspecified atom stereocenters. The molecule has 0 atom stereocenters. The lowest BCUT2D eigenvalue weighted by Crippen LogP contribution is -1.29. The van der Waals surface area contributed by atoms with E-state index in [1.54, 1.807) is 0 Å². The zero-order chi connectivity index (χ0) is 4.83. The van der Waals surface area contributed by atoms with E-state index in [2.05, 4.69) is 25.8 Å². The highest BCUT2D eigenvalue weighted by Crippen LogP contribution is 1.79. The molecule has 38 valence electrons. The molecule has 0 bridgehead atoms. The molecule has 0 amide bonds. The lowest BCUT2D eigenvalue weighted by Gasteiger charge is -1.42. The first-order valence-corrected chi connectivity index (χ1v) is 1.57. The molecule has 1 heterocycles. The van der Waals surface area contributed by atoms with Gasteiger partial charge in [0.1, 0.15) is 0 Å². The van der Waals surface area contributed by atoms with Crippen LogP contribution in [-0.4, -0.2) is 6.13 Å². The van der Waals surface area contributed by atoms with E-state index in [1.165, 1.54) is 0 Å². The molecule has 0 radical (unpaired) electrons. The Hall–Kier alpha value is -0.380. The molecule has 0 spiro atoms. The fraction of sp³-hybridized carbons (Fsp3) is 1.00. The van der Waals surface area contributed by atoms with Crippen LogP contribution in [0.25, 0.3) is 0 Å². The average molecular weight is 116 g/mol. The smallest absolute Gasteiger partial charge is 0.163 e. The lowest BCUT2D eigenvalue weighted by molar-refractivity contribution is 0.264. The maximum absolute atomic E-state index is 10.1. The van der Waals surface area contributed by atoms with Crippen LogP contribution in [0, 0.1) is 0 Å². The predicted molar refractivity (Wildman–Crippen MR) is 15.1 cm³/mol. The van der Waals surface area contributed by atoms with Gasteiger partial charge in [-0.3, -0.25) is 0 Å². The van der Waals surface area contributed by atoms with E-state index in [4.69, 9.17) is 0 Å². The standard InChI is InChI=1S/CH2ClF.O3/c2-1-3;1-2-3-1/h1H2;. The van der Waals surface area contributed by atoms with Crippen LogP contribution in [0.3, 0.4) is 0 Å². The lowest BCUT2D eigenvalue weighted by atomic mass is 11.8. The van der Waals surface area contributed by atoms with Gasteiger partial charge in [-0.25, -0.2) is 4.39 Å². The molecule has 0 saturated heterocycles. The van der Waals surface area contributed by atoms with Crippen molar-refractivity contribution in [2.75, 3.05) is 6.13 Å². The monoisotopic (exact) mass is 116 g/mol. The van der Waals surface area contributed by atoms with E-state index in [-0.39, 0.29) is 0 Å². The van der Waals surface area contributed by atoms with E-state index in [9.17, 15) is 4.39 Å². The van der Waals surface area contributed by atoms with E-state index in [1.807, 2.05) is 0 Å². The quantitative estimate of drug-likeness (QED) is 0.382. The Bertz CT molecular complexity index is 47.9. The second-order valence-corrected chi connectivity index (χ2v) is 0.507. The van der Waals surface area contributed by atoms with Crippen molar-refractivity contribution >= 4 is 11.6 Å². The summed E-state index contributed by atoms with van der Waals surface area (Å²) in [5.74, 6) is 0. The van der Waals surface area contributed by atoms with Gasteiger partial charge < -0.3 is 0 Å². The highest BCUT2D eigenvalue weighted by molar-refractivity contribution is 6.16. The van der Waals surface area contributed by atoms with Crippen molar-refractivity contribution in [1.29, 1.82) is 0 Å². The topological polar surface area (TPSA) is 39.4 Å². The van der Waals surface area contributed by atoms with Gasteiger partial charge in [0.15, 0.2) is 6.13 Å². The second kappa shape index (κ2) is 4.62. The molecule has 1 rings (SSSR count). The first-order valence-electron chi connectivity index (χ1n) is 1.03. The maximum Gasteiger partial charge on any atom is 0.163 e. The van der Waals surface area contributed by atoms with Gasteiger partial charge in [0, 0.05) is 14.2 Å². The number of halogens is 2. The molecule has 0 saturated carbocycles. The Balaban J connectivity index is 0.0000000833. The van der Waals surface area contributed by atoms with Crippen LogP contribution in [0.4, 0.5) is 4.39 Å². The molecule has 5 heteroatoms. The van der Waals surface area contributed by atoms with E-state index >= 15 is 0 Å². The van der Waals surface area contributed by atoms with Crippen molar-refractivity contribution in [3.05, 3.63) is 0 Å². The van der Waals surface area contributed by atoms with Gasteiger partial charge in [-0.2, -0.15) is 0 Å². The summed E-state index contributed by atoms with van der Waals surface area (Å²) in [6, 6.07) is 0. The summed E-state index contributed by atoms with van der Waals surface area (Å²) in [4.78, 5) is 0. The van der Waals surface area contributed by atoms with Gasteiger partial charge in [0.25, 0.3) is 0 Å². The Morgan fingerprint density at radius 2 is 1.50 bits per heavy atom. The van der Waals surface area contributed by atoms with Crippen molar-refractivity contribution in [1.82, 2.24) is 0 Å². The van der Waals surface area contributed by atoms with E-state index in [0.29, 0.717) is 0 Å². The molecule has 1 aromatic heterocycles. The molecule has 0 aliphatic heterocycles. The molecular weight excluding hydrogens is 114 g/mol. The summed E-state index contributed by atoms with van der Waals surface area (Å²) in [7, 11) is 0. The summed E-state index contributed by atoms with van der Waals surface area (Å²) >= 11 is 4.33. The first kappa shape index (κ1) is 5.62. The third-order valence-electron chi connectivity index (χ3n) is 0.0680. The fourth-order valence-corrected chi connectivity index (χ4v) is 0. The summed E-state index contributed by atoms with van der Waals surface area (Å²) in [5, 5.41) is 0. The van der Waals surface area contributed by atoms with Crippen LogP contribution in [0.15, 0.2) is 14.2 Å². The van der Waals surface area contributed by atoms with Gasteiger partial charge >= 0.3 is 0 Å². The van der Waals surface area contributed by atoms with Crippen molar-refractivity contribution in [3.8, 4) is 0 Å². The normalized spacial score (nSPS) is 7.00. The minimum atomic E-state index is -0.778. The Morgan fingerprint density at radius 3 is 1.50 bits per heavy atom. The highest BCUT2D eigenvalue weighted by Gasteiger charge is 1.63. The van der Waals surface area contributed by atoms with Crippen LogP contribution in [0.2, 0.25) is 0 Å². The minimum Gasteiger partial charge on any atom is -0.234 e. The molecule has 0 aromatic carbocycles. The van der Waals surface area contributed by atoms with Crippen LogP contribution in [-0.2, 0) is 0 Å². The number of hydrogen-bond acceptors (Lipinski definition) is 3. The molecule has 0 N–H and O–H groups in total. The number of hydrogen-bond donors (Lipinski definition) is 0. The molecular formula is CH2ClFO3. The van der Waals surface area contributed by atoms with E-state index < -0.39 is 6.13 Å². The minimum absolute atomic E-state index is 0.778. The highest BCUT2D eigenvalue weighted by atomic mass is 35.5. The van der Waals surface area contributed by atoms with Crippen molar-refractivity contribution in [3.63, 3.8) is 0 Å². The van der Waals surface area contributed by atoms with Gasteiger partial charge in [-0.1, -0.05) is 11.6 Å². The Kier molecular flexibility index (Phi) is 4.33. The molecule has 3 nitrogen and oxygen atoms in total. The summed E-state index contributed by atoms with van der Waals surface area (Å²) in [5.41, 5.74) is 0.